The Kier molecular flexibility index (Phi) is 3.58. The number of hydrogen-bond acceptors (Lipinski definition) is 2. The van der Waals surface area contributed by atoms with Gasteiger partial charge in [0.05, 0.1) is 16.6 Å². The van der Waals surface area contributed by atoms with Gasteiger partial charge < -0.3 is 14.2 Å². The third-order valence-electron chi connectivity index (χ3n) is 11.1. The van der Waals surface area contributed by atoms with Gasteiger partial charge in [0, 0.05) is 34.8 Å². The fraction of sp³-hybridized carbons (Fsp3) is 0.353. The highest BCUT2D eigenvalue weighted by Crippen LogP contribution is 2.71. The molecule has 1 aromatic heterocycles. The zero-order chi connectivity index (χ0) is 24.8. The van der Waals surface area contributed by atoms with Crippen molar-refractivity contribution in [2.45, 2.75) is 50.7 Å². The predicted molar refractivity (Wildman–Crippen MR) is 151 cm³/mol. The number of rotatable bonds is 0. The first-order valence-corrected chi connectivity index (χ1v) is 13.8. The summed E-state index contributed by atoms with van der Waals surface area (Å²) in [5.74, 6) is 1.19. The first-order chi connectivity index (χ1) is 17.9. The molecule has 4 atom stereocenters. The number of hydrogen-bond donors (Lipinski definition) is 0. The lowest BCUT2D eigenvalue weighted by molar-refractivity contribution is -0.0912. The Balaban J connectivity index is 1.41. The van der Waals surface area contributed by atoms with Gasteiger partial charge in [-0.15, -0.1) is 0 Å². The number of benzene rings is 4. The van der Waals surface area contributed by atoms with Gasteiger partial charge in [-0.25, -0.2) is 0 Å². The van der Waals surface area contributed by atoms with E-state index < -0.39 is 0 Å². The van der Waals surface area contributed by atoms with Crippen LogP contribution in [0, 0.1) is 12.3 Å². The van der Waals surface area contributed by atoms with Crippen LogP contribution in [0.1, 0.15) is 47.4 Å². The number of likely N-dealkylation sites (tertiary alicyclic amines) is 1. The summed E-state index contributed by atoms with van der Waals surface area (Å²) >= 11 is 0. The van der Waals surface area contributed by atoms with Gasteiger partial charge in [-0.1, -0.05) is 55.5 Å². The SMILES string of the molecule is Cc1ccc2c3c1O[C@H]1c4c(c5ccc6cc7ccccc7cc6c5n4C)C[C@@]4(C)[C@@H](C2)N(C)CC[C@]314. The highest BCUT2D eigenvalue weighted by atomic mass is 16.5. The topological polar surface area (TPSA) is 17.4 Å². The molecule has 0 radical (unpaired) electrons. The highest BCUT2D eigenvalue weighted by Gasteiger charge is 2.70. The molecule has 0 N–H and O–H groups in total. The Morgan fingerprint density at radius 1 is 0.919 bits per heavy atom. The molecule has 0 unspecified atom stereocenters. The summed E-state index contributed by atoms with van der Waals surface area (Å²) in [5, 5.41) is 6.70. The van der Waals surface area contributed by atoms with Crippen LogP contribution in [-0.4, -0.2) is 29.1 Å². The lowest BCUT2D eigenvalue weighted by Gasteiger charge is -2.64. The van der Waals surface area contributed by atoms with Crippen LogP contribution in [0.15, 0.2) is 60.7 Å². The average molecular weight is 485 g/mol. The zero-order valence-corrected chi connectivity index (χ0v) is 22.1. The molecule has 2 bridgehead atoms. The standard InChI is InChI=1S/C34H32N2O/c1-19-9-10-23-17-27-33(2)18-26-24-12-11-22-15-20-7-5-6-8-21(20)16-25(22)29(24)36(4)30(26)32-34(33,13-14-35(27)3)28(23)31(19)37-32/h5-12,15-16,27,32H,13-14,17-18H2,1-4H3/t27-,32+,33+,34+/m1/s1. The van der Waals surface area contributed by atoms with Crippen molar-refractivity contribution in [1.29, 1.82) is 0 Å². The molecule has 5 aromatic rings. The van der Waals surface area contributed by atoms with Gasteiger partial charge >= 0.3 is 0 Å². The van der Waals surface area contributed by atoms with E-state index >= 15 is 0 Å². The van der Waals surface area contributed by atoms with Crippen LogP contribution in [-0.2, 0) is 25.3 Å². The number of piperidine rings is 1. The van der Waals surface area contributed by atoms with Gasteiger partial charge in [0.25, 0.3) is 0 Å². The monoisotopic (exact) mass is 484 g/mol. The van der Waals surface area contributed by atoms with E-state index in [1.165, 1.54) is 60.6 Å². The Bertz CT molecular complexity index is 1850. The van der Waals surface area contributed by atoms with Crippen molar-refractivity contribution in [3.05, 3.63) is 88.6 Å². The van der Waals surface area contributed by atoms with Crippen LogP contribution in [0.4, 0.5) is 0 Å². The predicted octanol–water partition coefficient (Wildman–Crippen LogP) is 6.99. The number of fused-ring (bicyclic) bond motifs is 7. The zero-order valence-electron chi connectivity index (χ0n) is 22.1. The number of ether oxygens (including phenoxy) is 1. The van der Waals surface area contributed by atoms with Gasteiger partial charge in [0.2, 0.25) is 0 Å². The normalized spacial score (nSPS) is 29.5. The maximum atomic E-state index is 7.19. The lowest BCUT2D eigenvalue weighted by atomic mass is 9.44. The van der Waals surface area contributed by atoms with Crippen LogP contribution in [0.25, 0.3) is 32.4 Å². The van der Waals surface area contributed by atoms with Crippen LogP contribution in [0.5, 0.6) is 5.75 Å². The largest absolute Gasteiger partial charge is 0.483 e. The molecule has 3 heterocycles. The van der Waals surface area contributed by atoms with Crippen molar-refractivity contribution in [2.24, 2.45) is 12.5 Å². The maximum Gasteiger partial charge on any atom is 0.149 e. The maximum absolute atomic E-state index is 7.19. The van der Waals surface area contributed by atoms with Gasteiger partial charge in [-0.2, -0.15) is 0 Å². The van der Waals surface area contributed by atoms with E-state index in [0.717, 1.165) is 25.8 Å². The summed E-state index contributed by atoms with van der Waals surface area (Å²) in [6.45, 7) is 5.98. The first-order valence-electron chi connectivity index (χ1n) is 13.8. The fourth-order valence-corrected chi connectivity index (χ4v) is 9.41. The summed E-state index contributed by atoms with van der Waals surface area (Å²) < 4.78 is 9.71. The quantitative estimate of drug-likeness (QED) is 0.221. The van der Waals surface area contributed by atoms with Crippen molar-refractivity contribution < 1.29 is 4.74 Å². The summed E-state index contributed by atoms with van der Waals surface area (Å²) in [5.41, 5.74) is 8.84. The second kappa shape index (κ2) is 6.39. The van der Waals surface area contributed by atoms with E-state index in [4.69, 9.17) is 4.74 Å². The minimum atomic E-state index is 0.0384. The van der Waals surface area contributed by atoms with Crippen molar-refractivity contribution in [3.8, 4) is 5.75 Å². The Hall–Kier alpha value is -3.30. The second-order valence-electron chi connectivity index (χ2n) is 12.6. The first kappa shape index (κ1) is 20.7. The average Bonchev–Trinajstić information content (AvgIpc) is 3.38. The molecule has 2 aliphatic carbocycles. The van der Waals surface area contributed by atoms with Crippen LogP contribution >= 0.6 is 0 Å². The molecule has 1 fully saturated rings. The number of aryl methyl sites for hydroxylation is 2. The number of aromatic nitrogens is 1. The molecule has 4 aliphatic rings. The highest BCUT2D eigenvalue weighted by molar-refractivity contribution is 6.12. The Morgan fingerprint density at radius 3 is 2.57 bits per heavy atom. The Morgan fingerprint density at radius 2 is 1.73 bits per heavy atom. The molecule has 1 spiro atoms. The van der Waals surface area contributed by atoms with Crippen molar-refractivity contribution in [3.63, 3.8) is 0 Å². The third-order valence-corrected chi connectivity index (χ3v) is 11.1. The number of likely N-dealkylation sites (N-methyl/N-ethyl adjacent to an activating group) is 1. The third kappa shape index (κ3) is 2.15. The van der Waals surface area contributed by atoms with E-state index in [1.54, 1.807) is 5.56 Å². The van der Waals surface area contributed by atoms with Crippen LogP contribution in [0.2, 0.25) is 0 Å². The molecule has 37 heavy (non-hydrogen) atoms. The van der Waals surface area contributed by atoms with Crippen molar-refractivity contribution in [2.75, 3.05) is 13.6 Å². The van der Waals surface area contributed by atoms with Gasteiger partial charge in [-0.05, 0) is 84.8 Å². The molecule has 4 aromatic carbocycles. The number of nitrogens with zero attached hydrogens (tertiary/aromatic N) is 2. The minimum absolute atomic E-state index is 0.0384. The molecule has 0 amide bonds. The van der Waals surface area contributed by atoms with Crippen LogP contribution in [0.3, 0.4) is 0 Å². The molecule has 0 saturated carbocycles. The summed E-state index contributed by atoms with van der Waals surface area (Å²) in [6.07, 6.45) is 3.47. The molecule has 1 saturated heterocycles. The van der Waals surface area contributed by atoms with Gasteiger partial charge in [-0.3, -0.25) is 0 Å². The van der Waals surface area contributed by atoms with Crippen LogP contribution < -0.4 is 4.74 Å². The molecule has 3 heteroatoms. The fourth-order valence-electron chi connectivity index (χ4n) is 9.41. The van der Waals surface area contributed by atoms with Crippen molar-refractivity contribution in [1.82, 2.24) is 9.47 Å². The van der Waals surface area contributed by atoms with E-state index in [0.29, 0.717) is 6.04 Å². The second-order valence-corrected chi connectivity index (χ2v) is 12.6. The van der Waals surface area contributed by atoms with E-state index in [-0.39, 0.29) is 16.9 Å². The molecular formula is C34H32N2O. The van der Waals surface area contributed by atoms with E-state index in [9.17, 15) is 0 Å². The van der Waals surface area contributed by atoms with E-state index in [2.05, 4.69) is 98.1 Å². The summed E-state index contributed by atoms with van der Waals surface area (Å²) in [6, 6.07) is 23.5. The molecular weight excluding hydrogens is 452 g/mol. The van der Waals surface area contributed by atoms with Crippen molar-refractivity contribution >= 4 is 32.4 Å². The summed E-state index contributed by atoms with van der Waals surface area (Å²) in [7, 11) is 4.65. The molecule has 184 valence electrons. The summed E-state index contributed by atoms with van der Waals surface area (Å²) in [4.78, 5) is 2.65. The Labute approximate surface area is 217 Å². The lowest BCUT2D eigenvalue weighted by Crippen LogP contribution is -2.68. The molecule has 3 nitrogen and oxygen atoms in total. The minimum Gasteiger partial charge on any atom is -0.483 e. The van der Waals surface area contributed by atoms with Gasteiger partial charge in [0.1, 0.15) is 11.9 Å². The van der Waals surface area contributed by atoms with Gasteiger partial charge in [0.15, 0.2) is 0 Å². The molecule has 2 aliphatic heterocycles. The molecule has 9 rings (SSSR count). The smallest absolute Gasteiger partial charge is 0.149 e. The van der Waals surface area contributed by atoms with E-state index in [1.807, 2.05) is 0 Å².